The Balaban J connectivity index is 2.70. The summed E-state index contributed by atoms with van der Waals surface area (Å²) in [6.45, 7) is 4.96. The molecule has 0 fully saturated rings. The number of hydrogen-bond acceptors (Lipinski definition) is 4. The average molecular weight is 253 g/mol. The molecular formula is C12H23N5O. The van der Waals surface area contributed by atoms with E-state index in [0.717, 1.165) is 24.4 Å². The monoisotopic (exact) mass is 253 g/mol. The lowest BCUT2D eigenvalue weighted by atomic mass is 10.2. The zero-order valence-corrected chi connectivity index (χ0v) is 11.7. The summed E-state index contributed by atoms with van der Waals surface area (Å²) in [7, 11) is 3.60. The van der Waals surface area contributed by atoms with Crippen LogP contribution in [0.3, 0.4) is 0 Å². The van der Waals surface area contributed by atoms with Crippen LogP contribution in [0.4, 0.5) is 11.5 Å². The van der Waals surface area contributed by atoms with E-state index < -0.39 is 0 Å². The van der Waals surface area contributed by atoms with Crippen LogP contribution in [0, 0.1) is 0 Å². The van der Waals surface area contributed by atoms with Crippen molar-refractivity contribution in [2.24, 2.45) is 7.05 Å². The molecule has 0 unspecified atom stereocenters. The largest absolute Gasteiger partial charge is 0.394 e. The summed E-state index contributed by atoms with van der Waals surface area (Å²) in [4.78, 5) is 13.4. The second kappa shape index (κ2) is 6.28. The van der Waals surface area contributed by atoms with Gasteiger partial charge in [-0.15, -0.1) is 0 Å². The number of carbonyl (C=O) groups excluding carboxylic acids is 1. The van der Waals surface area contributed by atoms with Crippen molar-refractivity contribution in [3.63, 3.8) is 0 Å². The number of nitrogens with zero attached hydrogens (tertiary/aromatic N) is 3. The van der Waals surface area contributed by atoms with E-state index in [9.17, 15) is 4.79 Å². The molecule has 0 aliphatic carbocycles. The molecule has 0 atom stereocenters. The number of rotatable bonds is 6. The van der Waals surface area contributed by atoms with Crippen LogP contribution in [0.2, 0.25) is 0 Å². The minimum atomic E-state index is 0.0372. The SMILES string of the molecule is CCCc1nn(C)c(NCC(=O)N(C)CC)c1N. The Kier molecular flexibility index (Phi) is 5.00. The lowest BCUT2D eigenvalue weighted by Crippen LogP contribution is -2.32. The first-order valence-corrected chi connectivity index (χ1v) is 6.30. The van der Waals surface area contributed by atoms with Gasteiger partial charge in [0.1, 0.15) is 5.82 Å². The molecule has 0 saturated heterocycles. The molecule has 0 aliphatic heterocycles. The summed E-state index contributed by atoms with van der Waals surface area (Å²) < 4.78 is 1.69. The van der Waals surface area contributed by atoms with E-state index >= 15 is 0 Å². The highest BCUT2D eigenvalue weighted by Gasteiger charge is 2.14. The van der Waals surface area contributed by atoms with Crippen LogP contribution in [0.5, 0.6) is 0 Å². The number of hydrogen-bond donors (Lipinski definition) is 2. The Morgan fingerprint density at radius 3 is 2.72 bits per heavy atom. The summed E-state index contributed by atoms with van der Waals surface area (Å²) >= 11 is 0. The van der Waals surface area contributed by atoms with Gasteiger partial charge in [-0.25, -0.2) is 0 Å². The van der Waals surface area contributed by atoms with Gasteiger partial charge >= 0.3 is 0 Å². The van der Waals surface area contributed by atoms with Crippen LogP contribution in [-0.4, -0.2) is 40.7 Å². The van der Waals surface area contributed by atoms with E-state index in [1.807, 2.05) is 14.0 Å². The molecule has 18 heavy (non-hydrogen) atoms. The van der Waals surface area contributed by atoms with Gasteiger partial charge in [0.05, 0.1) is 17.9 Å². The molecule has 1 amide bonds. The van der Waals surface area contributed by atoms with Gasteiger partial charge in [0.15, 0.2) is 0 Å². The molecular weight excluding hydrogens is 230 g/mol. The maximum Gasteiger partial charge on any atom is 0.241 e. The van der Waals surface area contributed by atoms with Crippen molar-refractivity contribution in [1.82, 2.24) is 14.7 Å². The molecule has 6 nitrogen and oxygen atoms in total. The summed E-state index contributed by atoms with van der Waals surface area (Å²) in [6, 6.07) is 0. The fraction of sp³-hybridized carbons (Fsp3) is 0.667. The topological polar surface area (TPSA) is 76.2 Å². The molecule has 6 heteroatoms. The third-order valence-corrected chi connectivity index (χ3v) is 2.95. The van der Waals surface area contributed by atoms with Gasteiger partial charge in [-0.3, -0.25) is 9.48 Å². The molecule has 0 saturated carbocycles. The van der Waals surface area contributed by atoms with Gasteiger partial charge in [-0.1, -0.05) is 13.3 Å². The minimum absolute atomic E-state index is 0.0372. The quantitative estimate of drug-likeness (QED) is 0.788. The standard InChI is InChI=1S/C12H23N5O/c1-5-7-9-11(13)12(17(4)15-9)14-8-10(18)16(3)6-2/h14H,5-8,13H2,1-4H3. The zero-order valence-electron chi connectivity index (χ0n) is 11.7. The molecule has 0 aromatic carbocycles. The number of likely N-dealkylation sites (N-methyl/N-ethyl adjacent to an activating group) is 1. The Hall–Kier alpha value is -1.72. The highest BCUT2D eigenvalue weighted by Crippen LogP contribution is 2.22. The number of amides is 1. The summed E-state index contributed by atoms with van der Waals surface area (Å²) in [5.74, 6) is 0.756. The van der Waals surface area contributed by atoms with E-state index in [-0.39, 0.29) is 12.5 Å². The minimum Gasteiger partial charge on any atom is -0.394 e. The van der Waals surface area contributed by atoms with Crippen LogP contribution in [-0.2, 0) is 18.3 Å². The van der Waals surface area contributed by atoms with Crippen LogP contribution in [0.1, 0.15) is 26.0 Å². The molecule has 1 heterocycles. The molecule has 0 radical (unpaired) electrons. The molecule has 1 rings (SSSR count). The first-order valence-electron chi connectivity index (χ1n) is 6.30. The molecule has 1 aromatic heterocycles. The van der Waals surface area contributed by atoms with Gasteiger partial charge in [-0.2, -0.15) is 5.10 Å². The molecule has 3 N–H and O–H groups in total. The molecule has 1 aromatic rings. The average Bonchev–Trinajstić information content (AvgIpc) is 2.61. The van der Waals surface area contributed by atoms with E-state index in [0.29, 0.717) is 12.2 Å². The van der Waals surface area contributed by atoms with Crippen LogP contribution >= 0.6 is 0 Å². The van der Waals surface area contributed by atoms with Crippen molar-refractivity contribution >= 4 is 17.4 Å². The molecule has 0 bridgehead atoms. The third kappa shape index (κ3) is 3.15. The second-order valence-corrected chi connectivity index (χ2v) is 4.34. The lowest BCUT2D eigenvalue weighted by molar-refractivity contribution is -0.127. The van der Waals surface area contributed by atoms with E-state index in [4.69, 9.17) is 5.73 Å². The summed E-state index contributed by atoms with van der Waals surface area (Å²) in [5.41, 5.74) is 7.55. The van der Waals surface area contributed by atoms with Crippen molar-refractivity contribution in [1.29, 1.82) is 0 Å². The first kappa shape index (κ1) is 14.3. The Morgan fingerprint density at radius 1 is 1.50 bits per heavy atom. The smallest absolute Gasteiger partial charge is 0.241 e. The first-order chi connectivity index (χ1) is 8.51. The maximum absolute atomic E-state index is 11.7. The second-order valence-electron chi connectivity index (χ2n) is 4.34. The fourth-order valence-electron chi connectivity index (χ4n) is 1.70. The highest BCUT2D eigenvalue weighted by atomic mass is 16.2. The van der Waals surface area contributed by atoms with E-state index in [1.165, 1.54) is 0 Å². The van der Waals surface area contributed by atoms with Gasteiger partial charge in [0, 0.05) is 20.6 Å². The van der Waals surface area contributed by atoms with Gasteiger partial charge in [0.2, 0.25) is 5.91 Å². The Morgan fingerprint density at radius 2 is 2.17 bits per heavy atom. The summed E-state index contributed by atoms with van der Waals surface area (Å²) in [6.07, 6.45) is 1.85. The van der Waals surface area contributed by atoms with Crippen molar-refractivity contribution in [3.8, 4) is 0 Å². The lowest BCUT2D eigenvalue weighted by Gasteiger charge is -2.15. The van der Waals surface area contributed by atoms with Gasteiger partial charge in [-0.05, 0) is 13.3 Å². The Labute approximate surface area is 108 Å². The van der Waals surface area contributed by atoms with Crippen LogP contribution in [0.25, 0.3) is 0 Å². The predicted molar refractivity (Wildman–Crippen MR) is 73.4 cm³/mol. The summed E-state index contributed by atoms with van der Waals surface area (Å²) in [5, 5.41) is 7.41. The number of nitrogen functional groups attached to an aromatic ring is 1. The predicted octanol–water partition coefficient (Wildman–Crippen LogP) is 0.845. The van der Waals surface area contributed by atoms with Crippen molar-refractivity contribution in [2.75, 3.05) is 31.2 Å². The van der Waals surface area contributed by atoms with Crippen molar-refractivity contribution < 1.29 is 4.79 Å². The highest BCUT2D eigenvalue weighted by molar-refractivity contribution is 5.81. The number of anilines is 2. The third-order valence-electron chi connectivity index (χ3n) is 2.95. The molecule has 0 aliphatic rings. The number of nitrogens with two attached hydrogens (primary N) is 1. The van der Waals surface area contributed by atoms with Gasteiger partial charge in [0.25, 0.3) is 0 Å². The van der Waals surface area contributed by atoms with Crippen molar-refractivity contribution in [2.45, 2.75) is 26.7 Å². The van der Waals surface area contributed by atoms with Crippen LogP contribution in [0.15, 0.2) is 0 Å². The fourth-order valence-corrected chi connectivity index (χ4v) is 1.70. The Bertz CT molecular complexity index is 413. The number of nitrogens with one attached hydrogen (secondary N) is 1. The number of aryl methyl sites for hydroxylation is 2. The van der Waals surface area contributed by atoms with E-state index in [2.05, 4.69) is 17.3 Å². The van der Waals surface area contributed by atoms with E-state index in [1.54, 1.807) is 16.6 Å². The van der Waals surface area contributed by atoms with Crippen LogP contribution < -0.4 is 11.1 Å². The zero-order chi connectivity index (χ0) is 13.7. The molecule has 102 valence electrons. The molecule has 0 spiro atoms. The van der Waals surface area contributed by atoms with Crippen molar-refractivity contribution in [3.05, 3.63) is 5.69 Å². The normalized spacial score (nSPS) is 10.4. The number of aromatic nitrogens is 2. The van der Waals surface area contributed by atoms with Gasteiger partial charge < -0.3 is 16.0 Å². The number of carbonyl (C=O) groups is 1. The maximum atomic E-state index is 11.7.